The molecule has 0 aromatic rings. The van der Waals surface area contributed by atoms with Crippen LogP contribution in [0.5, 0.6) is 0 Å². The Balaban J connectivity index is 1.50. The molecule has 0 radical (unpaired) electrons. The van der Waals surface area contributed by atoms with Crippen LogP contribution >= 0.6 is 0 Å². The van der Waals surface area contributed by atoms with Gasteiger partial charge in [-0.1, -0.05) is 71.8 Å². The van der Waals surface area contributed by atoms with Gasteiger partial charge in [0.15, 0.2) is 0 Å². The number of aliphatic hydroxyl groups excluding tert-OH is 1. The molecule has 31 heavy (non-hydrogen) atoms. The minimum absolute atomic E-state index is 0.0874. The van der Waals surface area contributed by atoms with E-state index in [1.165, 1.54) is 51.4 Å². The Morgan fingerprint density at radius 2 is 1.81 bits per heavy atom. The summed E-state index contributed by atoms with van der Waals surface area (Å²) in [6.45, 7) is 14.9. The van der Waals surface area contributed by atoms with Crippen molar-refractivity contribution in [2.75, 3.05) is 0 Å². The van der Waals surface area contributed by atoms with E-state index in [1.54, 1.807) is 5.57 Å². The second-order valence-corrected chi connectivity index (χ2v) is 12.8. The van der Waals surface area contributed by atoms with Gasteiger partial charge in [-0.2, -0.15) is 0 Å². The van der Waals surface area contributed by atoms with Crippen molar-refractivity contribution in [3.05, 3.63) is 23.8 Å². The second kappa shape index (κ2) is 9.00. The number of aliphatic hydroxyl groups is 1. The minimum Gasteiger partial charge on any atom is -0.393 e. The van der Waals surface area contributed by atoms with E-state index in [-0.39, 0.29) is 6.10 Å². The maximum absolute atomic E-state index is 10.3. The summed E-state index contributed by atoms with van der Waals surface area (Å²) >= 11 is 0. The highest BCUT2D eigenvalue weighted by Crippen LogP contribution is 2.67. The van der Waals surface area contributed by atoms with Crippen LogP contribution in [0.3, 0.4) is 0 Å². The van der Waals surface area contributed by atoms with Crippen LogP contribution in [0.25, 0.3) is 0 Å². The van der Waals surface area contributed by atoms with E-state index in [0.29, 0.717) is 16.7 Å². The van der Waals surface area contributed by atoms with Gasteiger partial charge in [0.25, 0.3) is 0 Å². The van der Waals surface area contributed by atoms with Gasteiger partial charge in [0.1, 0.15) is 0 Å². The predicted octanol–water partition coefficient (Wildman–Crippen LogP) is 8.19. The van der Waals surface area contributed by atoms with E-state index >= 15 is 0 Å². The summed E-state index contributed by atoms with van der Waals surface area (Å²) in [6.07, 6.45) is 20.5. The SMILES string of the molecule is CCC[C@@H](/C=C/[C@@H](C)[C@H]1CC[C@H]2[C@@H]3CC=C4C[C@@H](O)CC[C@]4(C)[C@H]3CC[C@]12C)C(C)C. The quantitative estimate of drug-likeness (QED) is 0.424. The van der Waals surface area contributed by atoms with Crippen molar-refractivity contribution >= 4 is 0 Å². The van der Waals surface area contributed by atoms with Crippen LogP contribution in [0, 0.1) is 52.3 Å². The lowest BCUT2D eigenvalue weighted by atomic mass is 9.47. The van der Waals surface area contributed by atoms with E-state index < -0.39 is 0 Å². The van der Waals surface area contributed by atoms with Crippen molar-refractivity contribution in [3.63, 3.8) is 0 Å². The van der Waals surface area contributed by atoms with Gasteiger partial charge in [0.2, 0.25) is 0 Å². The van der Waals surface area contributed by atoms with Gasteiger partial charge >= 0.3 is 0 Å². The third-order valence-corrected chi connectivity index (χ3v) is 10.9. The highest BCUT2D eigenvalue weighted by atomic mass is 16.3. The first-order chi connectivity index (χ1) is 14.7. The van der Waals surface area contributed by atoms with Gasteiger partial charge in [0, 0.05) is 0 Å². The molecule has 1 nitrogen and oxygen atoms in total. The number of hydrogen-bond acceptors (Lipinski definition) is 1. The molecule has 1 N–H and O–H groups in total. The van der Waals surface area contributed by atoms with Gasteiger partial charge < -0.3 is 5.11 Å². The molecule has 4 rings (SSSR count). The summed E-state index contributed by atoms with van der Waals surface area (Å²) in [5.74, 6) is 5.71. The maximum Gasteiger partial charge on any atom is 0.0577 e. The zero-order valence-corrected chi connectivity index (χ0v) is 21.4. The lowest BCUT2D eigenvalue weighted by Gasteiger charge is -2.58. The molecule has 9 atom stereocenters. The average Bonchev–Trinajstić information content (AvgIpc) is 3.08. The molecular weight excluding hydrogens is 376 g/mol. The molecule has 0 saturated heterocycles. The zero-order chi connectivity index (χ0) is 22.4. The fourth-order valence-corrected chi connectivity index (χ4v) is 8.98. The van der Waals surface area contributed by atoms with Crippen molar-refractivity contribution in [1.82, 2.24) is 0 Å². The summed E-state index contributed by atoms with van der Waals surface area (Å²) < 4.78 is 0. The number of fused-ring (bicyclic) bond motifs is 5. The Bertz CT molecular complexity index is 689. The molecule has 0 aromatic carbocycles. The Hall–Kier alpha value is -0.560. The lowest BCUT2D eigenvalue weighted by molar-refractivity contribution is -0.0540. The van der Waals surface area contributed by atoms with Crippen molar-refractivity contribution in [1.29, 1.82) is 0 Å². The van der Waals surface area contributed by atoms with E-state index in [0.717, 1.165) is 48.3 Å². The molecule has 4 aliphatic carbocycles. The molecule has 3 saturated carbocycles. The molecule has 1 heteroatoms. The molecule has 176 valence electrons. The van der Waals surface area contributed by atoms with Crippen LogP contribution in [-0.2, 0) is 0 Å². The van der Waals surface area contributed by atoms with E-state index in [2.05, 4.69) is 59.8 Å². The van der Waals surface area contributed by atoms with Crippen molar-refractivity contribution < 1.29 is 5.11 Å². The van der Waals surface area contributed by atoms with Crippen molar-refractivity contribution in [2.24, 2.45) is 52.3 Å². The number of rotatable bonds is 6. The highest BCUT2D eigenvalue weighted by Gasteiger charge is 2.58. The molecule has 0 heterocycles. The Morgan fingerprint density at radius 1 is 1.03 bits per heavy atom. The van der Waals surface area contributed by atoms with Gasteiger partial charge in [-0.3, -0.25) is 0 Å². The third kappa shape index (κ3) is 4.11. The van der Waals surface area contributed by atoms with Gasteiger partial charge in [0.05, 0.1) is 6.10 Å². The zero-order valence-electron chi connectivity index (χ0n) is 21.4. The number of hydrogen-bond donors (Lipinski definition) is 1. The van der Waals surface area contributed by atoms with E-state index in [1.807, 2.05) is 0 Å². The third-order valence-electron chi connectivity index (χ3n) is 10.9. The minimum atomic E-state index is -0.0874. The molecule has 0 amide bonds. The van der Waals surface area contributed by atoms with Gasteiger partial charge in [-0.15, -0.1) is 0 Å². The van der Waals surface area contributed by atoms with Crippen LogP contribution in [0.15, 0.2) is 23.8 Å². The van der Waals surface area contributed by atoms with E-state index in [9.17, 15) is 5.11 Å². The first kappa shape index (κ1) is 23.6. The fraction of sp³-hybridized carbons (Fsp3) is 0.867. The summed E-state index contributed by atoms with van der Waals surface area (Å²) in [4.78, 5) is 0. The fourth-order valence-electron chi connectivity index (χ4n) is 8.98. The maximum atomic E-state index is 10.3. The first-order valence-electron chi connectivity index (χ1n) is 13.8. The predicted molar refractivity (Wildman–Crippen MR) is 133 cm³/mol. The normalized spacial score (nSPS) is 44.5. The smallest absolute Gasteiger partial charge is 0.0577 e. The van der Waals surface area contributed by atoms with Gasteiger partial charge in [-0.25, -0.2) is 0 Å². The Morgan fingerprint density at radius 3 is 2.52 bits per heavy atom. The summed E-state index contributed by atoms with van der Waals surface area (Å²) in [6, 6.07) is 0. The molecule has 0 unspecified atom stereocenters. The van der Waals surface area contributed by atoms with Crippen molar-refractivity contribution in [2.45, 2.75) is 112 Å². The summed E-state index contributed by atoms with van der Waals surface area (Å²) in [7, 11) is 0. The standard InChI is InChI=1S/C30H50O/c1-7-8-22(20(2)3)10-9-21(4)26-13-14-27-25-12-11-23-19-24(31)15-17-29(23,5)28(25)16-18-30(26,27)6/h9-11,20-22,24-28,31H,7-8,12-19H2,1-6H3/b10-9+/t21-,22+,24+,25+,26-,27+,28+,29+,30-/m1/s1. The van der Waals surface area contributed by atoms with Crippen LogP contribution in [0.4, 0.5) is 0 Å². The average molecular weight is 427 g/mol. The molecule has 3 fully saturated rings. The van der Waals surface area contributed by atoms with Gasteiger partial charge in [-0.05, 0) is 110 Å². The Labute approximate surface area is 193 Å². The highest BCUT2D eigenvalue weighted by molar-refractivity contribution is 5.25. The lowest BCUT2D eigenvalue weighted by Crippen LogP contribution is -2.50. The molecule has 4 aliphatic rings. The molecular formula is C30H50O. The van der Waals surface area contributed by atoms with Crippen LogP contribution in [0.2, 0.25) is 0 Å². The monoisotopic (exact) mass is 426 g/mol. The van der Waals surface area contributed by atoms with E-state index in [4.69, 9.17) is 0 Å². The summed E-state index contributed by atoms with van der Waals surface area (Å²) in [5.41, 5.74) is 2.51. The summed E-state index contributed by atoms with van der Waals surface area (Å²) in [5, 5.41) is 10.3. The van der Waals surface area contributed by atoms with Crippen molar-refractivity contribution in [3.8, 4) is 0 Å². The van der Waals surface area contributed by atoms with Crippen LogP contribution in [0.1, 0.15) is 106 Å². The molecule has 0 aliphatic heterocycles. The molecule has 0 bridgehead atoms. The van der Waals surface area contributed by atoms with Crippen LogP contribution < -0.4 is 0 Å². The topological polar surface area (TPSA) is 20.2 Å². The Kier molecular flexibility index (Phi) is 6.85. The van der Waals surface area contributed by atoms with Crippen LogP contribution in [-0.4, -0.2) is 11.2 Å². The molecule has 0 aromatic heterocycles. The second-order valence-electron chi connectivity index (χ2n) is 12.8. The largest absolute Gasteiger partial charge is 0.393 e. The first-order valence-corrected chi connectivity index (χ1v) is 13.8. The number of allylic oxidation sites excluding steroid dienone is 3. The molecule has 0 spiro atoms.